The summed E-state index contributed by atoms with van der Waals surface area (Å²) in [6.45, 7) is 2.11. The van der Waals surface area contributed by atoms with E-state index >= 15 is 0 Å². The molecule has 0 amide bonds. The maximum atomic E-state index is 6.99. The minimum Gasteiger partial charge on any atom is -0.449 e. The predicted molar refractivity (Wildman–Crippen MR) is 189 cm³/mol. The van der Waals surface area contributed by atoms with Crippen molar-refractivity contribution >= 4 is 17.1 Å². The summed E-state index contributed by atoms with van der Waals surface area (Å²) >= 11 is 0. The molecule has 0 N–H and O–H groups in total. The fourth-order valence-electron chi connectivity index (χ4n) is 8.06. The maximum absolute atomic E-state index is 6.99. The first-order chi connectivity index (χ1) is 23.2. The van der Waals surface area contributed by atoms with E-state index in [1.54, 1.807) is 0 Å². The summed E-state index contributed by atoms with van der Waals surface area (Å²) in [6, 6.07) is 56.1. The Morgan fingerprint density at radius 1 is 0.426 bits per heavy atom. The highest BCUT2D eigenvalue weighted by Gasteiger charge is 2.54. The molecule has 222 valence electrons. The van der Waals surface area contributed by atoms with Crippen LogP contribution in [0.3, 0.4) is 0 Å². The number of hydrogen-bond acceptors (Lipinski definition) is 3. The molecule has 0 saturated carbocycles. The van der Waals surface area contributed by atoms with Gasteiger partial charge in [0.05, 0.1) is 11.1 Å². The summed E-state index contributed by atoms with van der Waals surface area (Å²) < 4.78 is 13.8. The number of ether oxygens (including phenoxy) is 2. The van der Waals surface area contributed by atoms with Gasteiger partial charge in [-0.2, -0.15) is 0 Å². The van der Waals surface area contributed by atoms with E-state index in [0.29, 0.717) is 11.5 Å². The van der Waals surface area contributed by atoms with E-state index in [9.17, 15) is 0 Å². The molecule has 3 heteroatoms. The molecule has 7 aromatic carbocycles. The van der Waals surface area contributed by atoms with Crippen LogP contribution in [0.4, 0.5) is 17.1 Å². The van der Waals surface area contributed by atoms with Crippen molar-refractivity contribution in [2.24, 2.45) is 0 Å². The molecule has 1 heterocycles. The van der Waals surface area contributed by atoms with E-state index in [1.807, 2.05) is 12.1 Å². The Hall–Kier alpha value is -6.06. The second-order valence-corrected chi connectivity index (χ2v) is 12.5. The van der Waals surface area contributed by atoms with Crippen molar-refractivity contribution in [3.8, 4) is 45.3 Å². The molecule has 7 aromatic rings. The molecule has 3 aliphatic rings. The van der Waals surface area contributed by atoms with Crippen LogP contribution in [0.15, 0.2) is 158 Å². The van der Waals surface area contributed by atoms with Gasteiger partial charge < -0.3 is 14.4 Å². The van der Waals surface area contributed by atoms with Gasteiger partial charge in [-0.05, 0) is 88.3 Å². The topological polar surface area (TPSA) is 21.7 Å². The zero-order chi connectivity index (χ0) is 31.1. The number of aryl methyl sites for hydroxylation is 1. The maximum Gasteiger partial charge on any atom is 0.175 e. The number of hydrogen-bond donors (Lipinski definition) is 0. The fraction of sp³-hybridized carbons (Fsp3) is 0.0455. The highest BCUT2D eigenvalue weighted by Crippen LogP contribution is 2.67. The molecule has 1 spiro atoms. The van der Waals surface area contributed by atoms with Crippen LogP contribution < -0.4 is 14.4 Å². The lowest BCUT2D eigenvalue weighted by Gasteiger charge is -2.33. The van der Waals surface area contributed by atoms with Crippen LogP contribution in [0, 0.1) is 6.92 Å². The third-order valence-corrected chi connectivity index (χ3v) is 9.99. The summed E-state index contributed by atoms with van der Waals surface area (Å²) in [5.74, 6) is 2.91. The first-order valence-corrected chi connectivity index (χ1v) is 16.1. The second-order valence-electron chi connectivity index (χ2n) is 12.5. The summed E-state index contributed by atoms with van der Waals surface area (Å²) in [5, 5.41) is 0. The molecule has 0 aromatic heterocycles. The largest absolute Gasteiger partial charge is 0.449 e. The van der Waals surface area contributed by atoms with Crippen molar-refractivity contribution in [2.75, 3.05) is 4.90 Å². The minimum atomic E-state index is -0.513. The van der Waals surface area contributed by atoms with Crippen molar-refractivity contribution in [3.63, 3.8) is 0 Å². The number of rotatable bonds is 3. The van der Waals surface area contributed by atoms with Gasteiger partial charge in [0.1, 0.15) is 0 Å². The Morgan fingerprint density at radius 3 is 1.62 bits per heavy atom. The molecule has 3 nitrogen and oxygen atoms in total. The number of anilines is 3. The Bertz CT molecular complexity index is 2310. The van der Waals surface area contributed by atoms with Gasteiger partial charge in [0.15, 0.2) is 23.0 Å². The van der Waals surface area contributed by atoms with Crippen LogP contribution in [0.1, 0.15) is 27.8 Å². The molecule has 0 unspecified atom stereocenters. The number of para-hydroxylation sites is 1. The highest BCUT2D eigenvalue weighted by atomic mass is 16.6. The third kappa shape index (κ3) is 3.57. The van der Waals surface area contributed by atoms with E-state index in [2.05, 4.69) is 157 Å². The molecule has 0 bridgehead atoms. The van der Waals surface area contributed by atoms with Crippen molar-refractivity contribution in [3.05, 3.63) is 186 Å². The molecule has 0 saturated heterocycles. The SMILES string of the molecule is Cc1ccc(N(c2ccccc2)c2ccc3c(c2)Oc2ccc4c(c2O3)C2(c3ccccc3-c3ccccc32)c2ccccc2-4)cc1. The van der Waals surface area contributed by atoms with Crippen LogP contribution in [0.2, 0.25) is 0 Å². The molecule has 47 heavy (non-hydrogen) atoms. The molecular formula is C44H29NO2. The first-order valence-electron chi connectivity index (χ1n) is 16.1. The average Bonchev–Trinajstić information content (AvgIpc) is 3.60. The van der Waals surface area contributed by atoms with Gasteiger partial charge in [0, 0.05) is 23.0 Å². The second kappa shape index (κ2) is 9.72. The first kappa shape index (κ1) is 26.2. The standard InChI is InChI=1S/C44H29NO2/c1-28-19-21-30(22-20-28)45(29-11-3-2-4-12-29)31-23-25-39-41(27-31)46-40-26-24-35-34-15-7-10-18-38(34)44(42(35)43(40)47-39)36-16-8-5-13-32(36)33-14-6-9-17-37(33)44/h2-27H,1H3. The minimum absolute atomic E-state index is 0.513. The van der Waals surface area contributed by atoms with Crippen LogP contribution >= 0.6 is 0 Å². The lowest BCUT2D eigenvalue weighted by Crippen LogP contribution is -2.26. The quantitative estimate of drug-likeness (QED) is 0.201. The van der Waals surface area contributed by atoms with E-state index in [4.69, 9.17) is 9.47 Å². The van der Waals surface area contributed by atoms with Gasteiger partial charge in [-0.25, -0.2) is 0 Å². The van der Waals surface area contributed by atoms with E-state index in [-0.39, 0.29) is 0 Å². The lowest BCUT2D eigenvalue weighted by atomic mass is 9.70. The Kier molecular flexibility index (Phi) is 5.41. The van der Waals surface area contributed by atoms with E-state index in [1.165, 1.54) is 44.5 Å². The lowest BCUT2D eigenvalue weighted by molar-refractivity contribution is 0.355. The molecular weight excluding hydrogens is 574 g/mol. The molecule has 0 radical (unpaired) electrons. The summed E-state index contributed by atoms with van der Waals surface area (Å²) in [4.78, 5) is 2.25. The molecule has 10 rings (SSSR count). The van der Waals surface area contributed by atoms with Gasteiger partial charge in [-0.15, -0.1) is 0 Å². The zero-order valence-electron chi connectivity index (χ0n) is 25.8. The normalized spacial score (nSPS) is 13.7. The molecule has 0 fully saturated rings. The monoisotopic (exact) mass is 603 g/mol. The summed E-state index contributed by atoms with van der Waals surface area (Å²) in [5.41, 5.74) is 13.8. The Morgan fingerprint density at radius 2 is 0.957 bits per heavy atom. The van der Waals surface area contributed by atoms with Crippen LogP contribution in [0.5, 0.6) is 23.0 Å². The van der Waals surface area contributed by atoms with Gasteiger partial charge in [-0.1, -0.05) is 115 Å². The van der Waals surface area contributed by atoms with Crippen LogP contribution in [-0.4, -0.2) is 0 Å². The van der Waals surface area contributed by atoms with E-state index in [0.717, 1.165) is 34.1 Å². The third-order valence-electron chi connectivity index (χ3n) is 9.99. The predicted octanol–water partition coefficient (Wildman–Crippen LogP) is 11.7. The zero-order valence-corrected chi connectivity index (χ0v) is 25.8. The summed E-state index contributed by atoms with van der Waals surface area (Å²) in [7, 11) is 0. The molecule has 1 aliphatic heterocycles. The fourth-order valence-corrected chi connectivity index (χ4v) is 8.06. The van der Waals surface area contributed by atoms with Crippen molar-refractivity contribution in [1.29, 1.82) is 0 Å². The van der Waals surface area contributed by atoms with Crippen LogP contribution in [-0.2, 0) is 5.41 Å². The average molecular weight is 604 g/mol. The van der Waals surface area contributed by atoms with Crippen molar-refractivity contribution in [2.45, 2.75) is 12.3 Å². The van der Waals surface area contributed by atoms with Gasteiger partial charge in [0.25, 0.3) is 0 Å². The number of benzene rings is 7. The van der Waals surface area contributed by atoms with Crippen molar-refractivity contribution < 1.29 is 9.47 Å². The van der Waals surface area contributed by atoms with Crippen molar-refractivity contribution in [1.82, 2.24) is 0 Å². The van der Waals surface area contributed by atoms with Gasteiger partial charge in [-0.3, -0.25) is 0 Å². The Balaban J connectivity index is 1.15. The van der Waals surface area contributed by atoms with Gasteiger partial charge >= 0.3 is 0 Å². The smallest absolute Gasteiger partial charge is 0.175 e. The molecule has 2 aliphatic carbocycles. The van der Waals surface area contributed by atoms with Gasteiger partial charge in [0.2, 0.25) is 0 Å². The number of fused-ring (bicyclic) bond motifs is 13. The highest BCUT2D eigenvalue weighted by molar-refractivity contribution is 5.97. The van der Waals surface area contributed by atoms with E-state index < -0.39 is 5.41 Å². The molecule has 0 atom stereocenters. The number of nitrogens with zero attached hydrogens (tertiary/aromatic N) is 1. The Labute approximate surface area is 273 Å². The van der Waals surface area contributed by atoms with Crippen LogP contribution in [0.25, 0.3) is 22.3 Å². The summed E-state index contributed by atoms with van der Waals surface area (Å²) in [6.07, 6.45) is 0.